The molecular formula is C54H82N4O11. The van der Waals surface area contributed by atoms with E-state index in [1.165, 1.54) is 12.0 Å². The summed E-state index contributed by atoms with van der Waals surface area (Å²) in [4.78, 5) is 62.5. The van der Waals surface area contributed by atoms with Gasteiger partial charge in [0.25, 0.3) is 11.7 Å². The number of carbonyl (C=O) groups excluding carboxylic acids is 4. The Labute approximate surface area is 410 Å². The third-order valence-electron chi connectivity index (χ3n) is 15.1. The number of nitrogens with one attached hydrogen (secondary N) is 1. The second-order valence-electron chi connectivity index (χ2n) is 20.6. The summed E-state index contributed by atoms with van der Waals surface area (Å²) in [7, 11) is 3.01. The Hall–Kier alpha value is -4.09. The van der Waals surface area contributed by atoms with Crippen LogP contribution in [0.2, 0.25) is 0 Å². The van der Waals surface area contributed by atoms with Crippen molar-refractivity contribution in [3.63, 3.8) is 0 Å². The molecule has 5 rings (SSSR count). The molecule has 1 amide bonds. The molecule has 384 valence electrons. The number of aromatic nitrogens is 1. The summed E-state index contributed by atoms with van der Waals surface area (Å²) >= 11 is 0. The minimum Gasteiger partial charge on any atom is -0.461 e. The van der Waals surface area contributed by atoms with E-state index in [-0.39, 0.29) is 48.6 Å². The van der Waals surface area contributed by atoms with Gasteiger partial charge in [-0.15, -0.1) is 0 Å². The zero-order valence-corrected chi connectivity index (χ0v) is 42.3. The van der Waals surface area contributed by atoms with E-state index in [9.17, 15) is 34.5 Å². The van der Waals surface area contributed by atoms with E-state index < -0.39 is 77.9 Å². The molecule has 1 saturated carbocycles. The van der Waals surface area contributed by atoms with Crippen molar-refractivity contribution in [2.45, 2.75) is 186 Å². The second-order valence-corrected chi connectivity index (χ2v) is 20.6. The number of amides is 1. The van der Waals surface area contributed by atoms with Gasteiger partial charge in [-0.05, 0) is 133 Å². The summed E-state index contributed by atoms with van der Waals surface area (Å²) in [5, 5.41) is 37.7. The highest BCUT2D eigenvalue weighted by Gasteiger charge is 2.53. The first-order valence-electron chi connectivity index (χ1n) is 25.4. The standard InChI is InChI=1S/C54H82N4O11/c1-33-15-10-9-11-16-34(2)43(57-41-17-14-25-56-32-41)31-42-22-19-38(6)54(65,69-42)51(62)52(63)58-26-13-12-18-44(58)53(64)68-46(35(3)28-39-20-23-45(59)47(30-39)66-7)24-21-40(55)29-37(5)49(61)50(67-8)48(60)36(4)27-33/h9-11,14-17,25,29,32-33,35-36,38-40,42-47,49-50,57,59,61,65H,12-13,18-24,26-28,30-31,55H2,1-8H3/b11-9+,15-10+,34-16+,37-29+/t33-,35-,36-,38-,39?,40+,42?,43?,44?,45-,46+,47-,49-,50+,54-/m1/s1. The number of carbonyl (C=O) groups is 4. The maximum Gasteiger partial charge on any atom is 0.329 e. The molecule has 15 heteroatoms. The summed E-state index contributed by atoms with van der Waals surface area (Å²) in [6.07, 6.45) is 17.2. The molecule has 0 aromatic carbocycles. The number of piperidine rings is 1. The minimum absolute atomic E-state index is 0.0323. The highest BCUT2D eigenvalue weighted by Crippen LogP contribution is 2.38. The van der Waals surface area contributed by atoms with Gasteiger partial charge in [0.2, 0.25) is 5.79 Å². The van der Waals surface area contributed by atoms with Crippen LogP contribution in [0.25, 0.3) is 0 Å². The summed E-state index contributed by atoms with van der Waals surface area (Å²) in [5.74, 6) is -6.40. The molecular weight excluding hydrogens is 881 g/mol. The molecule has 15 atom stereocenters. The van der Waals surface area contributed by atoms with Crippen molar-refractivity contribution in [2.24, 2.45) is 35.3 Å². The van der Waals surface area contributed by atoms with Gasteiger partial charge in [0.15, 0.2) is 5.78 Å². The highest BCUT2D eigenvalue weighted by molar-refractivity contribution is 6.39. The lowest BCUT2D eigenvalue weighted by Gasteiger charge is -2.43. The number of methoxy groups -OCH3 is 2. The van der Waals surface area contributed by atoms with Crippen LogP contribution in [-0.4, -0.2) is 130 Å². The third kappa shape index (κ3) is 15.2. The Morgan fingerprint density at radius 1 is 0.928 bits per heavy atom. The molecule has 2 bridgehead atoms. The normalized spacial score (nSPS) is 38.6. The number of aliphatic hydroxyl groups excluding tert-OH is 2. The quantitative estimate of drug-likeness (QED) is 0.111. The Bertz CT molecular complexity index is 1970. The van der Waals surface area contributed by atoms with Crippen LogP contribution in [-0.2, 0) is 38.1 Å². The first-order valence-corrected chi connectivity index (χ1v) is 25.4. The Balaban J connectivity index is 1.47. The van der Waals surface area contributed by atoms with Crippen molar-refractivity contribution in [3.05, 3.63) is 72.1 Å². The van der Waals surface area contributed by atoms with E-state index in [0.29, 0.717) is 76.2 Å². The van der Waals surface area contributed by atoms with Gasteiger partial charge in [-0.3, -0.25) is 19.4 Å². The van der Waals surface area contributed by atoms with Gasteiger partial charge in [-0.1, -0.05) is 69.7 Å². The van der Waals surface area contributed by atoms with Crippen molar-refractivity contribution in [3.8, 4) is 0 Å². The van der Waals surface area contributed by atoms with Crippen molar-refractivity contribution in [1.29, 1.82) is 0 Å². The number of hydrogen-bond acceptors (Lipinski definition) is 14. The molecule has 15 nitrogen and oxygen atoms in total. The molecule has 1 aromatic heterocycles. The average Bonchev–Trinajstić information content (AvgIpc) is 3.33. The van der Waals surface area contributed by atoms with E-state index in [4.69, 9.17) is 24.7 Å². The molecule has 1 aliphatic carbocycles. The average molecular weight is 963 g/mol. The number of ketones is 2. The molecule has 0 radical (unpaired) electrons. The lowest BCUT2D eigenvalue weighted by Crippen LogP contribution is -2.61. The molecule has 0 spiro atoms. The number of rotatable bonds is 7. The number of hydrogen-bond donors (Lipinski definition) is 5. The predicted molar refractivity (Wildman–Crippen MR) is 264 cm³/mol. The fraction of sp³-hybridized carbons (Fsp3) is 0.685. The van der Waals surface area contributed by atoms with E-state index >= 15 is 0 Å². The van der Waals surface area contributed by atoms with E-state index in [1.54, 1.807) is 39.4 Å². The number of aliphatic hydroxyl groups is 3. The van der Waals surface area contributed by atoms with Gasteiger partial charge in [-0.25, -0.2) is 4.79 Å². The van der Waals surface area contributed by atoms with Gasteiger partial charge in [0.1, 0.15) is 24.4 Å². The number of cyclic esters (lactones) is 1. The third-order valence-corrected chi connectivity index (χ3v) is 15.1. The molecule has 3 fully saturated rings. The fourth-order valence-electron chi connectivity index (χ4n) is 10.7. The first kappa shape index (κ1) is 55.8. The topological polar surface area (TPSA) is 220 Å². The maximum absolute atomic E-state index is 14.5. The predicted octanol–water partition coefficient (Wildman–Crippen LogP) is 6.55. The number of fused-ring (bicyclic) bond motifs is 3. The van der Waals surface area contributed by atoms with Gasteiger partial charge in [0.05, 0.1) is 24.0 Å². The summed E-state index contributed by atoms with van der Waals surface area (Å²) in [6, 6.07) is 1.78. The van der Waals surface area contributed by atoms with Gasteiger partial charge in [-0.2, -0.15) is 0 Å². The molecule has 1 aromatic rings. The summed E-state index contributed by atoms with van der Waals surface area (Å²) in [5.41, 5.74) is 8.90. The fourth-order valence-corrected chi connectivity index (χ4v) is 10.7. The maximum atomic E-state index is 14.5. The van der Waals surface area contributed by atoms with Gasteiger partial charge >= 0.3 is 5.97 Å². The largest absolute Gasteiger partial charge is 0.461 e. The van der Waals surface area contributed by atoms with E-state index in [2.05, 4.69) is 10.3 Å². The van der Waals surface area contributed by atoms with Crippen LogP contribution in [0.1, 0.15) is 125 Å². The number of esters is 1. The van der Waals surface area contributed by atoms with Gasteiger partial charge < -0.3 is 50.2 Å². The second kappa shape index (κ2) is 26.4. The Kier molecular flexibility index (Phi) is 21.3. The smallest absolute Gasteiger partial charge is 0.329 e. The van der Waals surface area contributed by atoms with Crippen molar-refractivity contribution in [1.82, 2.24) is 9.88 Å². The molecule has 69 heavy (non-hydrogen) atoms. The molecule has 3 aliphatic heterocycles. The highest BCUT2D eigenvalue weighted by atomic mass is 16.6. The van der Waals surface area contributed by atoms with Crippen molar-refractivity contribution in [2.75, 3.05) is 26.1 Å². The Morgan fingerprint density at radius 2 is 1.70 bits per heavy atom. The lowest BCUT2D eigenvalue weighted by molar-refractivity contribution is -0.263. The SMILES string of the molecule is CO[C@@H]1CC(C[C@@H](C)[C@@H]2CC[C@H](N)/C=C(\C)[C@@H](O)[C@@H](OC)C(=O)[C@H](C)C[C@H](C)/C=C/C=C/C=C(\C)C(Nc3cccnc3)CC3CC[C@@H](C)[C@@](O)(O3)C(=O)C(=O)N3CCCCC3C(=O)O2)CC[C@H]1O. The molecule has 2 saturated heterocycles. The van der Waals surface area contributed by atoms with Crippen LogP contribution in [0.3, 0.4) is 0 Å². The number of nitrogens with zero attached hydrogens (tertiary/aromatic N) is 2. The molecule has 4 unspecified atom stereocenters. The van der Waals surface area contributed by atoms with Crippen LogP contribution >= 0.6 is 0 Å². The molecule has 6 N–H and O–H groups in total. The van der Waals surface area contributed by atoms with Crippen molar-refractivity contribution < 1.29 is 53.4 Å². The van der Waals surface area contributed by atoms with E-state index in [0.717, 1.165) is 17.7 Å². The number of allylic oxidation sites excluding steroid dienone is 5. The van der Waals surface area contributed by atoms with Crippen molar-refractivity contribution >= 4 is 29.1 Å². The van der Waals surface area contributed by atoms with E-state index in [1.807, 2.05) is 70.2 Å². The number of pyridine rings is 1. The zero-order valence-electron chi connectivity index (χ0n) is 42.3. The number of ether oxygens (including phenoxy) is 4. The summed E-state index contributed by atoms with van der Waals surface area (Å²) < 4.78 is 23.9. The molecule has 4 heterocycles. The Morgan fingerprint density at radius 3 is 2.41 bits per heavy atom. The molecule has 4 aliphatic rings. The minimum atomic E-state index is -2.42. The van der Waals surface area contributed by atoms with Crippen LogP contribution in [0, 0.1) is 29.6 Å². The zero-order chi connectivity index (χ0) is 50.4. The van der Waals surface area contributed by atoms with Crippen LogP contribution in [0.5, 0.6) is 0 Å². The monoisotopic (exact) mass is 963 g/mol. The van der Waals surface area contributed by atoms with Crippen LogP contribution in [0.15, 0.2) is 72.1 Å². The number of nitrogens with two attached hydrogens (primary N) is 1. The number of Topliss-reactive ketones (excluding diaryl/α,β-unsaturated/α-hetero) is 2. The summed E-state index contributed by atoms with van der Waals surface area (Å²) in [6.45, 7) is 11.4. The lowest BCUT2D eigenvalue weighted by atomic mass is 9.78. The van der Waals surface area contributed by atoms with Gasteiger partial charge in [0, 0.05) is 57.1 Å². The van der Waals surface area contributed by atoms with Crippen LogP contribution in [0.4, 0.5) is 5.69 Å². The first-order chi connectivity index (χ1) is 32.9. The number of anilines is 1. The van der Waals surface area contributed by atoms with Crippen LogP contribution < -0.4 is 11.1 Å².